The third-order valence-corrected chi connectivity index (χ3v) is 2.98. The van der Waals surface area contributed by atoms with E-state index >= 15 is 0 Å². The van der Waals surface area contributed by atoms with Crippen LogP contribution in [0.2, 0.25) is 0 Å². The summed E-state index contributed by atoms with van der Waals surface area (Å²) < 4.78 is 5.30. The van der Waals surface area contributed by atoms with Gasteiger partial charge in [-0.15, -0.1) is 6.42 Å². The minimum atomic E-state index is -0.485. The maximum absolute atomic E-state index is 11.5. The Bertz CT molecular complexity index is 535. The monoisotopic (exact) mass is 303 g/mol. The normalized spacial score (nSPS) is 9.50. The molecular formula is C16H21N3O3. The van der Waals surface area contributed by atoms with Gasteiger partial charge in [-0.25, -0.2) is 4.79 Å². The molecule has 6 nitrogen and oxygen atoms in total. The van der Waals surface area contributed by atoms with Crippen molar-refractivity contribution in [3.8, 4) is 18.1 Å². The molecule has 0 heterocycles. The zero-order valence-electron chi connectivity index (χ0n) is 12.9. The van der Waals surface area contributed by atoms with Gasteiger partial charge in [0.15, 0.2) is 0 Å². The Morgan fingerprint density at radius 3 is 2.59 bits per heavy atom. The highest BCUT2D eigenvalue weighted by Gasteiger charge is 2.07. The van der Waals surface area contributed by atoms with Gasteiger partial charge in [-0.1, -0.05) is 5.92 Å². The maximum atomic E-state index is 11.5. The van der Waals surface area contributed by atoms with Crippen molar-refractivity contribution in [1.29, 1.82) is 0 Å². The quantitative estimate of drug-likeness (QED) is 0.746. The molecule has 118 valence electrons. The number of carbonyl (C=O) groups excluding carboxylic acids is 2. The van der Waals surface area contributed by atoms with Crippen LogP contribution in [0.1, 0.15) is 12.8 Å². The van der Waals surface area contributed by atoms with Crippen LogP contribution in [0.4, 0.5) is 10.5 Å². The third kappa shape index (κ3) is 6.18. The lowest BCUT2D eigenvalue weighted by atomic mass is 10.2. The number of rotatable bonds is 7. The van der Waals surface area contributed by atoms with Gasteiger partial charge in [0, 0.05) is 32.7 Å². The SMILES string of the molecule is C#CCOc1ccc(N(C)CCCC(=O)NC(=O)NC)cc1. The van der Waals surface area contributed by atoms with Crippen molar-refractivity contribution in [3.63, 3.8) is 0 Å². The predicted molar refractivity (Wildman–Crippen MR) is 85.9 cm³/mol. The minimum absolute atomic E-state index is 0.246. The van der Waals surface area contributed by atoms with Crippen molar-refractivity contribution < 1.29 is 14.3 Å². The average molecular weight is 303 g/mol. The molecule has 0 saturated carbocycles. The molecule has 0 bridgehead atoms. The zero-order valence-corrected chi connectivity index (χ0v) is 12.9. The first-order valence-electron chi connectivity index (χ1n) is 6.96. The lowest BCUT2D eigenvalue weighted by Gasteiger charge is -2.19. The molecular weight excluding hydrogens is 282 g/mol. The summed E-state index contributed by atoms with van der Waals surface area (Å²) in [6.45, 7) is 0.946. The van der Waals surface area contributed by atoms with Gasteiger partial charge in [0.2, 0.25) is 5.91 Å². The molecule has 0 unspecified atom stereocenters. The number of hydrogen-bond acceptors (Lipinski definition) is 4. The maximum Gasteiger partial charge on any atom is 0.321 e. The van der Waals surface area contributed by atoms with Gasteiger partial charge in [0.25, 0.3) is 0 Å². The van der Waals surface area contributed by atoms with Crippen LogP contribution in [0.15, 0.2) is 24.3 Å². The Morgan fingerprint density at radius 1 is 1.32 bits per heavy atom. The summed E-state index contributed by atoms with van der Waals surface area (Å²) in [5.74, 6) is 2.85. The van der Waals surface area contributed by atoms with E-state index in [4.69, 9.17) is 11.2 Å². The van der Waals surface area contributed by atoms with Gasteiger partial charge in [0.1, 0.15) is 12.4 Å². The third-order valence-electron chi connectivity index (χ3n) is 2.98. The largest absolute Gasteiger partial charge is 0.481 e. The first kappa shape index (κ1) is 17.4. The molecule has 0 aliphatic heterocycles. The Morgan fingerprint density at radius 2 is 2.00 bits per heavy atom. The fraction of sp³-hybridized carbons (Fsp3) is 0.375. The second-order valence-electron chi connectivity index (χ2n) is 4.64. The highest BCUT2D eigenvalue weighted by Crippen LogP contribution is 2.18. The second kappa shape index (κ2) is 9.29. The van der Waals surface area contributed by atoms with Crippen LogP contribution in [0, 0.1) is 12.3 Å². The summed E-state index contributed by atoms with van der Waals surface area (Å²) in [6.07, 6.45) is 6.07. The number of nitrogens with one attached hydrogen (secondary N) is 2. The van der Waals surface area contributed by atoms with Crippen molar-refractivity contribution in [2.75, 3.05) is 32.1 Å². The van der Waals surface area contributed by atoms with Gasteiger partial charge in [-0.05, 0) is 30.7 Å². The number of urea groups is 1. The second-order valence-corrected chi connectivity index (χ2v) is 4.64. The lowest BCUT2D eigenvalue weighted by molar-refractivity contribution is -0.120. The van der Waals surface area contributed by atoms with Crippen LogP contribution in [-0.2, 0) is 4.79 Å². The lowest BCUT2D eigenvalue weighted by Crippen LogP contribution is -2.37. The zero-order chi connectivity index (χ0) is 16.4. The first-order valence-corrected chi connectivity index (χ1v) is 6.96. The number of imide groups is 1. The molecule has 1 rings (SSSR count). The molecule has 0 saturated heterocycles. The topological polar surface area (TPSA) is 70.7 Å². The van der Waals surface area contributed by atoms with Crippen molar-refractivity contribution in [2.45, 2.75) is 12.8 Å². The van der Waals surface area contributed by atoms with Crippen molar-refractivity contribution in [3.05, 3.63) is 24.3 Å². The van der Waals surface area contributed by atoms with E-state index in [9.17, 15) is 9.59 Å². The summed E-state index contributed by atoms with van der Waals surface area (Å²) in [5, 5.41) is 4.57. The van der Waals surface area contributed by atoms with E-state index in [1.54, 1.807) is 0 Å². The van der Waals surface area contributed by atoms with Crippen molar-refractivity contribution in [2.24, 2.45) is 0 Å². The van der Waals surface area contributed by atoms with Crippen LogP contribution in [0.25, 0.3) is 0 Å². The highest BCUT2D eigenvalue weighted by atomic mass is 16.5. The number of hydrogen-bond donors (Lipinski definition) is 2. The summed E-state index contributed by atoms with van der Waals surface area (Å²) in [5.41, 5.74) is 1.01. The van der Waals surface area contributed by atoms with Crippen molar-refractivity contribution in [1.82, 2.24) is 10.6 Å². The smallest absolute Gasteiger partial charge is 0.321 e. The molecule has 6 heteroatoms. The molecule has 1 aromatic carbocycles. The fourth-order valence-electron chi connectivity index (χ4n) is 1.78. The Labute approximate surface area is 130 Å². The van der Waals surface area contributed by atoms with E-state index in [0.717, 1.165) is 11.4 Å². The number of benzene rings is 1. The molecule has 0 aromatic heterocycles. The Hall–Kier alpha value is -2.68. The van der Waals surface area contributed by atoms with E-state index in [1.165, 1.54) is 7.05 Å². The number of terminal acetylenes is 1. The molecule has 0 atom stereocenters. The summed E-state index contributed by atoms with van der Waals surface area (Å²) in [7, 11) is 3.40. The molecule has 0 aliphatic rings. The number of amides is 3. The van der Waals surface area contributed by atoms with E-state index in [2.05, 4.69) is 16.6 Å². The minimum Gasteiger partial charge on any atom is -0.481 e. The van der Waals surface area contributed by atoms with Crippen LogP contribution in [-0.4, -0.2) is 39.2 Å². The molecule has 1 aromatic rings. The number of carbonyl (C=O) groups is 2. The standard InChI is InChI=1S/C16H21N3O3/c1-4-12-22-14-9-7-13(8-10-14)19(3)11-5-6-15(20)18-16(21)17-2/h1,7-10H,5-6,11-12H2,2-3H3,(H2,17,18,20,21). The van der Waals surface area contributed by atoms with Crippen molar-refractivity contribution >= 4 is 17.6 Å². The summed E-state index contributed by atoms with van der Waals surface area (Å²) in [4.78, 5) is 24.4. The summed E-state index contributed by atoms with van der Waals surface area (Å²) in [6, 6.07) is 7.07. The van der Waals surface area contributed by atoms with E-state index in [0.29, 0.717) is 19.4 Å². The fourth-order valence-corrected chi connectivity index (χ4v) is 1.78. The van der Waals surface area contributed by atoms with Crippen LogP contribution < -0.4 is 20.3 Å². The molecule has 3 amide bonds. The van der Waals surface area contributed by atoms with Gasteiger partial charge >= 0.3 is 6.03 Å². The van der Waals surface area contributed by atoms with Gasteiger partial charge in [-0.3, -0.25) is 10.1 Å². The first-order chi connectivity index (χ1) is 10.6. The molecule has 0 spiro atoms. The van der Waals surface area contributed by atoms with Gasteiger partial charge in [-0.2, -0.15) is 0 Å². The molecule has 2 N–H and O–H groups in total. The van der Waals surface area contributed by atoms with Crippen LogP contribution >= 0.6 is 0 Å². The molecule has 0 fully saturated rings. The molecule has 0 aliphatic carbocycles. The number of nitrogens with zero attached hydrogens (tertiary/aromatic N) is 1. The Kier molecular flexibility index (Phi) is 7.34. The van der Waals surface area contributed by atoms with E-state index < -0.39 is 6.03 Å². The van der Waals surface area contributed by atoms with E-state index in [-0.39, 0.29) is 12.5 Å². The van der Waals surface area contributed by atoms with Crippen LogP contribution in [0.5, 0.6) is 5.75 Å². The van der Waals surface area contributed by atoms with Crippen LogP contribution in [0.3, 0.4) is 0 Å². The predicted octanol–water partition coefficient (Wildman–Crippen LogP) is 1.37. The average Bonchev–Trinajstić information content (AvgIpc) is 2.53. The number of anilines is 1. The molecule has 22 heavy (non-hydrogen) atoms. The van der Waals surface area contributed by atoms with Gasteiger partial charge in [0.05, 0.1) is 0 Å². The molecule has 0 radical (unpaired) electrons. The van der Waals surface area contributed by atoms with Gasteiger partial charge < -0.3 is 15.0 Å². The van der Waals surface area contributed by atoms with E-state index in [1.807, 2.05) is 36.2 Å². The highest BCUT2D eigenvalue weighted by molar-refractivity contribution is 5.94. The Balaban J connectivity index is 2.36. The summed E-state index contributed by atoms with van der Waals surface area (Å²) >= 11 is 0. The number of ether oxygens (including phenoxy) is 1.